The van der Waals surface area contributed by atoms with Gasteiger partial charge in [-0.2, -0.15) is 11.3 Å². The highest BCUT2D eigenvalue weighted by atomic mass is 35.5. The molecule has 1 aliphatic heterocycles. The van der Waals surface area contributed by atoms with Crippen molar-refractivity contribution in [2.75, 3.05) is 19.6 Å². The molecule has 0 spiro atoms. The third-order valence-corrected chi connectivity index (χ3v) is 3.72. The second-order valence-corrected chi connectivity index (χ2v) is 5.09. The number of hydrogen-bond acceptors (Lipinski definition) is 3. The van der Waals surface area contributed by atoms with E-state index in [-0.39, 0.29) is 18.3 Å². The van der Waals surface area contributed by atoms with Crippen LogP contribution in [0.15, 0.2) is 16.8 Å². The summed E-state index contributed by atoms with van der Waals surface area (Å²) in [6.07, 6.45) is 2.88. The molecule has 0 bridgehead atoms. The Balaban J connectivity index is 0.00000144. The van der Waals surface area contributed by atoms with Crippen molar-refractivity contribution in [1.29, 1.82) is 0 Å². The first-order valence-corrected chi connectivity index (χ1v) is 6.77. The van der Waals surface area contributed by atoms with Gasteiger partial charge in [-0.05, 0) is 54.2 Å². The van der Waals surface area contributed by atoms with Crippen molar-refractivity contribution < 1.29 is 4.79 Å². The van der Waals surface area contributed by atoms with E-state index in [9.17, 15) is 4.79 Å². The number of amides is 1. The highest BCUT2D eigenvalue weighted by Crippen LogP contribution is 2.10. The maximum Gasteiger partial charge on any atom is 0.224 e. The number of nitrogens with one attached hydrogen (secondary N) is 2. The molecule has 0 unspecified atom stereocenters. The first kappa shape index (κ1) is 14.5. The van der Waals surface area contributed by atoms with E-state index in [2.05, 4.69) is 10.6 Å². The van der Waals surface area contributed by atoms with Gasteiger partial charge in [-0.3, -0.25) is 4.79 Å². The lowest BCUT2D eigenvalue weighted by molar-refractivity contribution is -0.120. The van der Waals surface area contributed by atoms with Gasteiger partial charge in [0.25, 0.3) is 0 Å². The molecule has 2 rings (SSSR count). The van der Waals surface area contributed by atoms with Gasteiger partial charge < -0.3 is 10.6 Å². The molecule has 96 valence electrons. The van der Waals surface area contributed by atoms with Crippen LogP contribution >= 0.6 is 23.7 Å². The molecule has 1 saturated heterocycles. The Morgan fingerprint density at radius 3 is 2.88 bits per heavy atom. The summed E-state index contributed by atoms with van der Waals surface area (Å²) in [4.78, 5) is 11.6. The summed E-state index contributed by atoms with van der Waals surface area (Å²) in [6, 6.07) is 2.01. The number of hydrogen-bond donors (Lipinski definition) is 2. The van der Waals surface area contributed by atoms with E-state index in [0.29, 0.717) is 12.3 Å². The zero-order valence-electron chi connectivity index (χ0n) is 9.78. The Labute approximate surface area is 112 Å². The van der Waals surface area contributed by atoms with Crippen LogP contribution < -0.4 is 10.6 Å². The molecule has 0 aromatic carbocycles. The lowest BCUT2D eigenvalue weighted by atomic mass is 9.98. The fourth-order valence-electron chi connectivity index (χ4n) is 1.99. The minimum atomic E-state index is 0. The molecule has 1 aliphatic rings. The second kappa shape index (κ2) is 7.69. The summed E-state index contributed by atoms with van der Waals surface area (Å²) in [5.74, 6) is 0.810. The van der Waals surface area contributed by atoms with Gasteiger partial charge in [-0.25, -0.2) is 0 Å². The average Bonchev–Trinajstić information content (AvgIpc) is 2.81. The average molecular weight is 275 g/mol. The molecule has 17 heavy (non-hydrogen) atoms. The van der Waals surface area contributed by atoms with Gasteiger partial charge in [0.15, 0.2) is 0 Å². The predicted octanol–water partition coefficient (Wildman–Crippen LogP) is 1.83. The number of piperidine rings is 1. The van der Waals surface area contributed by atoms with Gasteiger partial charge in [-0.15, -0.1) is 12.4 Å². The van der Waals surface area contributed by atoms with E-state index >= 15 is 0 Å². The molecule has 5 heteroatoms. The lowest BCUT2D eigenvalue weighted by Crippen LogP contribution is -2.36. The van der Waals surface area contributed by atoms with Crippen LogP contribution in [0, 0.1) is 5.92 Å². The second-order valence-electron chi connectivity index (χ2n) is 4.31. The monoisotopic (exact) mass is 274 g/mol. The molecule has 2 N–H and O–H groups in total. The third kappa shape index (κ3) is 5.06. The van der Waals surface area contributed by atoms with Gasteiger partial charge in [-0.1, -0.05) is 0 Å². The predicted molar refractivity (Wildman–Crippen MR) is 73.9 cm³/mol. The molecular weight excluding hydrogens is 256 g/mol. The molecule has 0 atom stereocenters. The quantitative estimate of drug-likeness (QED) is 0.880. The fraction of sp³-hybridized carbons (Fsp3) is 0.583. The van der Waals surface area contributed by atoms with Crippen molar-refractivity contribution in [3.05, 3.63) is 22.4 Å². The number of carbonyl (C=O) groups excluding carboxylic acids is 1. The molecule has 1 aromatic heterocycles. The highest BCUT2D eigenvalue weighted by molar-refractivity contribution is 7.07. The summed E-state index contributed by atoms with van der Waals surface area (Å²) in [6.45, 7) is 3.01. The lowest BCUT2D eigenvalue weighted by Gasteiger charge is -2.22. The third-order valence-electron chi connectivity index (χ3n) is 2.99. The van der Waals surface area contributed by atoms with Gasteiger partial charge in [0.05, 0.1) is 6.42 Å². The van der Waals surface area contributed by atoms with E-state index in [4.69, 9.17) is 0 Å². The van der Waals surface area contributed by atoms with Crippen LogP contribution in [0.1, 0.15) is 18.4 Å². The van der Waals surface area contributed by atoms with E-state index in [1.165, 1.54) is 12.8 Å². The van der Waals surface area contributed by atoms with Crippen LogP contribution in [0.2, 0.25) is 0 Å². The molecule has 1 aromatic rings. The van der Waals surface area contributed by atoms with E-state index in [0.717, 1.165) is 25.2 Å². The normalized spacial score (nSPS) is 16.2. The standard InChI is InChI=1S/C12H18N2OS.ClH/c15-12(7-11-3-6-16-9-11)14-8-10-1-4-13-5-2-10;/h3,6,9-10,13H,1-2,4-5,7-8H2,(H,14,15);1H. The molecule has 2 heterocycles. The number of halogens is 1. The topological polar surface area (TPSA) is 41.1 Å². The summed E-state index contributed by atoms with van der Waals surface area (Å²) >= 11 is 1.64. The fourth-order valence-corrected chi connectivity index (χ4v) is 2.65. The summed E-state index contributed by atoms with van der Waals surface area (Å²) < 4.78 is 0. The van der Waals surface area contributed by atoms with E-state index < -0.39 is 0 Å². The SMILES string of the molecule is Cl.O=C(Cc1ccsc1)NCC1CCNCC1. The van der Waals surface area contributed by atoms with Crippen LogP contribution in [0.3, 0.4) is 0 Å². The van der Waals surface area contributed by atoms with Crippen LogP contribution in [0.25, 0.3) is 0 Å². The molecule has 3 nitrogen and oxygen atoms in total. The van der Waals surface area contributed by atoms with E-state index in [1.54, 1.807) is 11.3 Å². The largest absolute Gasteiger partial charge is 0.356 e. The first-order chi connectivity index (χ1) is 7.84. The minimum absolute atomic E-state index is 0. The van der Waals surface area contributed by atoms with Crippen molar-refractivity contribution in [3.63, 3.8) is 0 Å². The molecule has 0 aliphatic carbocycles. The molecule has 1 amide bonds. The van der Waals surface area contributed by atoms with Crippen LogP contribution in [0.4, 0.5) is 0 Å². The van der Waals surface area contributed by atoms with Crippen molar-refractivity contribution in [3.8, 4) is 0 Å². The van der Waals surface area contributed by atoms with Crippen LogP contribution in [-0.2, 0) is 11.2 Å². The Hall–Kier alpha value is -0.580. The number of carbonyl (C=O) groups is 1. The molecular formula is C12H19ClN2OS. The summed E-state index contributed by atoms with van der Waals surface area (Å²) in [5.41, 5.74) is 1.12. The minimum Gasteiger partial charge on any atom is -0.356 e. The van der Waals surface area contributed by atoms with Gasteiger partial charge >= 0.3 is 0 Å². The number of rotatable bonds is 4. The maximum atomic E-state index is 11.6. The van der Waals surface area contributed by atoms with E-state index in [1.807, 2.05) is 16.8 Å². The Morgan fingerprint density at radius 1 is 1.47 bits per heavy atom. The molecule has 0 radical (unpaired) electrons. The van der Waals surface area contributed by atoms with Gasteiger partial charge in [0.1, 0.15) is 0 Å². The van der Waals surface area contributed by atoms with Crippen LogP contribution in [-0.4, -0.2) is 25.5 Å². The first-order valence-electron chi connectivity index (χ1n) is 5.83. The Morgan fingerprint density at radius 2 is 2.24 bits per heavy atom. The molecule has 1 fully saturated rings. The van der Waals surface area contributed by atoms with Crippen molar-refractivity contribution in [2.45, 2.75) is 19.3 Å². The van der Waals surface area contributed by atoms with Crippen molar-refractivity contribution in [2.24, 2.45) is 5.92 Å². The Kier molecular flexibility index (Phi) is 6.55. The summed E-state index contributed by atoms with van der Waals surface area (Å²) in [7, 11) is 0. The van der Waals surface area contributed by atoms with Crippen LogP contribution in [0.5, 0.6) is 0 Å². The molecule has 0 saturated carbocycles. The van der Waals surface area contributed by atoms with Gasteiger partial charge in [0, 0.05) is 6.54 Å². The Bertz CT molecular complexity index is 323. The smallest absolute Gasteiger partial charge is 0.224 e. The number of thiophene rings is 1. The zero-order valence-corrected chi connectivity index (χ0v) is 11.4. The van der Waals surface area contributed by atoms with Crippen molar-refractivity contribution >= 4 is 29.7 Å². The maximum absolute atomic E-state index is 11.6. The van der Waals surface area contributed by atoms with Crippen molar-refractivity contribution in [1.82, 2.24) is 10.6 Å². The highest BCUT2D eigenvalue weighted by Gasteiger charge is 2.13. The van der Waals surface area contributed by atoms with Gasteiger partial charge in [0.2, 0.25) is 5.91 Å². The zero-order chi connectivity index (χ0) is 11.2. The summed E-state index contributed by atoms with van der Waals surface area (Å²) in [5, 5.41) is 10.4.